The zero-order chi connectivity index (χ0) is 15.5. The van der Waals surface area contributed by atoms with E-state index < -0.39 is 0 Å². The van der Waals surface area contributed by atoms with Gasteiger partial charge in [0.1, 0.15) is 0 Å². The Morgan fingerprint density at radius 2 is 1.81 bits per heavy atom. The molecule has 114 valence electrons. The lowest BCUT2D eigenvalue weighted by molar-refractivity contribution is 0.498. The highest BCUT2D eigenvalue weighted by atomic mass is 79.9. The van der Waals surface area contributed by atoms with E-state index in [0.717, 1.165) is 28.7 Å². The first-order valence-electron chi connectivity index (χ1n) is 6.96. The van der Waals surface area contributed by atoms with Gasteiger partial charge < -0.3 is 0 Å². The predicted molar refractivity (Wildman–Crippen MR) is 93.6 cm³/mol. The molecule has 0 spiro atoms. The lowest BCUT2D eigenvalue weighted by Crippen LogP contribution is -2.34. The molecule has 0 aliphatic rings. The molecule has 1 heterocycles. The van der Waals surface area contributed by atoms with Crippen LogP contribution < -0.4 is 0 Å². The fraction of sp³-hybridized carbons (Fsp3) is 0.438. The predicted octanol–water partition coefficient (Wildman–Crippen LogP) is 4.93. The zero-order valence-corrected chi connectivity index (χ0v) is 15.3. The van der Waals surface area contributed by atoms with Crippen LogP contribution in [0.1, 0.15) is 23.9 Å². The molecule has 1 aromatic carbocycles. The third-order valence-corrected chi connectivity index (χ3v) is 5.32. The number of aromatic nitrogens is 2. The van der Waals surface area contributed by atoms with Gasteiger partial charge in [0.05, 0.1) is 5.69 Å². The maximum absolute atomic E-state index is 6.33. The molecule has 0 N–H and O–H groups in total. The van der Waals surface area contributed by atoms with Crippen molar-refractivity contribution in [2.75, 3.05) is 11.8 Å². The molecule has 0 aliphatic carbocycles. The van der Waals surface area contributed by atoms with E-state index in [-0.39, 0.29) is 5.41 Å². The molecule has 0 aliphatic heterocycles. The molecule has 0 unspecified atom stereocenters. The van der Waals surface area contributed by atoms with Crippen LogP contribution >= 0.6 is 39.1 Å². The van der Waals surface area contributed by atoms with Gasteiger partial charge in [-0.15, -0.1) is 23.2 Å². The largest absolute Gasteiger partial charge is 0.270 e. The van der Waals surface area contributed by atoms with Crippen LogP contribution in [-0.4, -0.2) is 21.5 Å². The summed E-state index contributed by atoms with van der Waals surface area (Å²) in [6.07, 6.45) is 0.788. The van der Waals surface area contributed by atoms with Gasteiger partial charge in [-0.25, -0.2) is 0 Å². The number of halogens is 3. The van der Waals surface area contributed by atoms with Gasteiger partial charge in [-0.2, -0.15) is 5.10 Å². The minimum atomic E-state index is -0.275. The molecule has 0 saturated heterocycles. The third-order valence-electron chi connectivity index (χ3n) is 3.77. The summed E-state index contributed by atoms with van der Waals surface area (Å²) in [5.41, 5.74) is 3.10. The quantitative estimate of drug-likeness (QED) is 0.640. The van der Waals surface area contributed by atoms with Crippen LogP contribution in [0.3, 0.4) is 0 Å². The Morgan fingerprint density at radius 1 is 1.19 bits per heavy atom. The number of nitrogens with zero attached hydrogens (tertiary/aromatic N) is 2. The van der Waals surface area contributed by atoms with Gasteiger partial charge in [-0.1, -0.05) is 28.1 Å². The fourth-order valence-corrected chi connectivity index (χ4v) is 3.60. The molecular formula is C16H19BrCl2N2. The molecule has 0 amide bonds. The summed E-state index contributed by atoms with van der Waals surface area (Å²) in [6.45, 7) is 4.96. The number of hydrogen-bond acceptors (Lipinski definition) is 1. The Balaban J connectivity index is 2.40. The Bertz CT molecular complexity index is 589. The first-order chi connectivity index (χ1) is 10.0. The highest BCUT2D eigenvalue weighted by Crippen LogP contribution is 2.32. The standard InChI is InChI=1S/C16H19BrCl2N2/c1-3-21-15(8-12(2)20-21)9-16(10-18,11-19)13-4-6-14(17)7-5-13/h4-8H,3,9-11H2,1-2H3. The first kappa shape index (κ1) is 16.9. The zero-order valence-electron chi connectivity index (χ0n) is 12.2. The van der Waals surface area contributed by atoms with E-state index >= 15 is 0 Å². The van der Waals surface area contributed by atoms with Crippen molar-refractivity contribution < 1.29 is 0 Å². The van der Waals surface area contributed by atoms with Crippen molar-refractivity contribution in [1.29, 1.82) is 0 Å². The Kier molecular flexibility index (Phi) is 5.75. The highest BCUT2D eigenvalue weighted by Gasteiger charge is 2.32. The summed E-state index contributed by atoms with van der Waals surface area (Å²) in [5, 5.41) is 4.51. The number of alkyl halides is 2. The van der Waals surface area contributed by atoms with Gasteiger partial charge in [0.2, 0.25) is 0 Å². The molecule has 21 heavy (non-hydrogen) atoms. The fourth-order valence-electron chi connectivity index (χ4n) is 2.55. The molecule has 0 saturated carbocycles. The van der Waals surface area contributed by atoms with Crippen molar-refractivity contribution in [2.24, 2.45) is 0 Å². The molecular weight excluding hydrogens is 371 g/mol. The third kappa shape index (κ3) is 3.64. The molecule has 0 bridgehead atoms. The molecule has 2 aromatic rings. The average Bonchev–Trinajstić information content (AvgIpc) is 2.85. The Morgan fingerprint density at radius 3 is 2.33 bits per heavy atom. The van der Waals surface area contributed by atoms with Crippen LogP contribution in [-0.2, 0) is 18.4 Å². The van der Waals surface area contributed by atoms with Crippen molar-refractivity contribution in [3.63, 3.8) is 0 Å². The van der Waals surface area contributed by atoms with Gasteiger partial charge in [-0.3, -0.25) is 4.68 Å². The topological polar surface area (TPSA) is 17.8 Å². The summed E-state index contributed by atoms with van der Waals surface area (Å²) in [5.74, 6) is 0.956. The molecule has 2 rings (SSSR count). The van der Waals surface area contributed by atoms with Gasteiger partial charge in [0.25, 0.3) is 0 Å². The second-order valence-corrected chi connectivity index (χ2v) is 6.77. The van der Waals surface area contributed by atoms with Crippen molar-refractivity contribution in [3.8, 4) is 0 Å². The minimum Gasteiger partial charge on any atom is -0.270 e. The van der Waals surface area contributed by atoms with E-state index in [1.54, 1.807) is 0 Å². The van der Waals surface area contributed by atoms with Gasteiger partial charge in [0, 0.05) is 40.3 Å². The maximum Gasteiger partial charge on any atom is 0.0596 e. The monoisotopic (exact) mass is 388 g/mol. The summed E-state index contributed by atoms with van der Waals surface area (Å²) in [6, 6.07) is 10.4. The minimum absolute atomic E-state index is 0.275. The van der Waals surface area contributed by atoms with Gasteiger partial charge >= 0.3 is 0 Å². The lowest BCUT2D eigenvalue weighted by Gasteiger charge is -2.30. The molecule has 2 nitrogen and oxygen atoms in total. The van der Waals surface area contributed by atoms with E-state index in [1.807, 2.05) is 23.7 Å². The molecule has 5 heteroatoms. The van der Waals surface area contributed by atoms with Crippen LogP contribution in [0.5, 0.6) is 0 Å². The van der Waals surface area contributed by atoms with Crippen LogP contribution in [0.25, 0.3) is 0 Å². The van der Waals surface area contributed by atoms with Crippen molar-refractivity contribution in [3.05, 3.63) is 51.8 Å². The number of benzene rings is 1. The smallest absolute Gasteiger partial charge is 0.0596 e. The van der Waals surface area contributed by atoms with E-state index in [1.165, 1.54) is 5.69 Å². The highest BCUT2D eigenvalue weighted by molar-refractivity contribution is 9.10. The number of aryl methyl sites for hydroxylation is 2. The van der Waals surface area contributed by atoms with E-state index in [0.29, 0.717) is 11.8 Å². The SMILES string of the molecule is CCn1nc(C)cc1CC(CCl)(CCl)c1ccc(Br)cc1. The van der Waals surface area contributed by atoms with Crippen LogP contribution in [0.4, 0.5) is 0 Å². The van der Waals surface area contributed by atoms with Crippen molar-refractivity contribution in [2.45, 2.75) is 32.2 Å². The summed E-state index contributed by atoms with van der Waals surface area (Å²) in [7, 11) is 0. The Labute approximate surface area is 144 Å². The lowest BCUT2D eigenvalue weighted by atomic mass is 9.80. The van der Waals surface area contributed by atoms with Gasteiger partial charge in [0.15, 0.2) is 0 Å². The number of hydrogen-bond donors (Lipinski definition) is 0. The first-order valence-corrected chi connectivity index (χ1v) is 8.82. The molecule has 0 radical (unpaired) electrons. The second-order valence-electron chi connectivity index (χ2n) is 5.32. The molecule has 0 fully saturated rings. The maximum atomic E-state index is 6.33. The molecule has 1 aromatic heterocycles. The van der Waals surface area contributed by atoms with Crippen LogP contribution in [0.2, 0.25) is 0 Å². The second kappa shape index (κ2) is 7.17. The van der Waals surface area contributed by atoms with Crippen molar-refractivity contribution >= 4 is 39.1 Å². The van der Waals surface area contributed by atoms with Crippen molar-refractivity contribution in [1.82, 2.24) is 9.78 Å². The molecule has 0 atom stereocenters. The van der Waals surface area contributed by atoms with E-state index in [2.05, 4.69) is 46.2 Å². The van der Waals surface area contributed by atoms with E-state index in [4.69, 9.17) is 23.2 Å². The summed E-state index contributed by atoms with van der Waals surface area (Å²) >= 11 is 16.1. The summed E-state index contributed by atoms with van der Waals surface area (Å²) < 4.78 is 3.08. The van der Waals surface area contributed by atoms with Crippen LogP contribution in [0, 0.1) is 6.92 Å². The van der Waals surface area contributed by atoms with E-state index in [9.17, 15) is 0 Å². The van der Waals surface area contributed by atoms with Gasteiger partial charge in [-0.05, 0) is 37.6 Å². The Hall–Kier alpha value is -0.510. The average molecular weight is 390 g/mol. The van der Waals surface area contributed by atoms with Crippen LogP contribution in [0.15, 0.2) is 34.8 Å². The normalized spacial score (nSPS) is 11.9. The summed E-state index contributed by atoms with van der Waals surface area (Å²) in [4.78, 5) is 0. The number of rotatable bonds is 6.